The molecule has 5 rings (SSSR count). The molecule has 3 aromatic carbocycles. The molecule has 178 valence electrons. The minimum absolute atomic E-state index is 0.0787. The number of piperazine rings is 1. The third-order valence-electron chi connectivity index (χ3n) is 6.88. The minimum Gasteiger partial charge on any atom is -0.368 e. The van der Waals surface area contributed by atoms with E-state index in [9.17, 15) is 4.79 Å². The summed E-state index contributed by atoms with van der Waals surface area (Å²) < 4.78 is 1.59. The van der Waals surface area contributed by atoms with Gasteiger partial charge in [0.05, 0.1) is 6.54 Å². The van der Waals surface area contributed by atoms with Crippen LogP contribution in [0.4, 0.5) is 11.5 Å². The predicted molar refractivity (Wildman–Crippen MR) is 145 cm³/mol. The molecule has 1 saturated heterocycles. The first-order valence-electron chi connectivity index (χ1n) is 12.3. The summed E-state index contributed by atoms with van der Waals surface area (Å²) in [5, 5.41) is 4.76. The van der Waals surface area contributed by atoms with Crippen molar-refractivity contribution < 1.29 is 0 Å². The van der Waals surface area contributed by atoms with Crippen molar-refractivity contribution in [3.8, 4) is 11.1 Å². The molecule has 0 aliphatic carbocycles. The van der Waals surface area contributed by atoms with E-state index in [0.29, 0.717) is 6.54 Å². The van der Waals surface area contributed by atoms with Crippen LogP contribution in [0.5, 0.6) is 0 Å². The summed E-state index contributed by atoms with van der Waals surface area (Å²) in [4.78, 5) is 17.4. The zero-order valence-corrected chi connectivity index (χ0v) is 20.7. The van der Waals surface area contributed by atoms with Gasteiger partial charge in [-0.1, -0.05) is 60.2 Å². The van der Waals surface area contributed by atoms with Gasteiger partial charge in [0, 0.05) is 37.9 Å². The molecule has 0 atom stereocenters. The molecule has 1 aromatic heterocycles. The molecule has 0 radical (unpaired) electrons. The Bertz CT molecular complexity index is 1400. The van der Waals surface area contributed by atoms with Crippen molar-refractivity contribution in [3.05, 3.63) is 111 Å². The second-order valence-corrected chi connectivity index (χ2v) is 9.47. The van der Waals surface area contributed by atoms with Crippen molar-refractivity contribution in [1.82, 2.24) is 9.78 Å². The normalized spacial score (nSPS) is 13.8. The maximum Gasteiger partial charge on any atom is 0.267 e. The molecule has 1 aliphatic rings. The average Bonchev–Trinajstić information content (AvgIpc) is 2.87. The standard InChI is InChI=1S/C30H32N4O/c1-22-7-6-9-26(19-22)27-20-25(12-11-23(27)2)21-34-30(35)14-13-29(31-34)33-17-15-32(16-18-33)28-10-5-4-8-24(28)3/h4-14,19-20H,15-18,21H2,1-3H3. The van der Waals surface area contributed by atoms with Crippen LogP contribution in [-0.4, -0.2) is 36.0 Å². The average molecular weight is 465 g/mol. The van der Waals surface area contributed by atoms with E-state index in [1.807, 2.05) is 6.07 Å². The first-order chi connectivity index (χ1) is 17.0. The van der Waals surface area contributed by atoms with Gasteiger partial charge in [-0.2, -0.15) is 5.10 Å². The van der Waals surface area contributed by atoms with E-state index in [0.717, 1.165) is 37.6 Å². The Balaban J connectivity index is 1.34. The van der Waals surface area contributed by atoms with Crippen LogP contribution >= 0.6 is 0 Å². The van der Waals surface area contributed by atoms with Crippen LogP contribution in [0.3, 0.4) is 0 Å². The van der Waals surface area contributed by atoms with Crippen molar-refractivity contribution in [2.45, 2.75) is 27.3 Å². The van der Waals surface area contributed by atoms with E-state index >= 15 is 0 Å². The fourth-order valence-electron chi connectivity index (χ4n) is 4.88. The van der Waals surface area contributed by atoms with Gasteiger partial charge in [-0.3, -0.25) is 4.79 Å². The van der Waals surface area contributed by atoms with Gasteiger partial charge >= 0.3 is 0 Å². The Hall–Kier alpha value is -3.86. The fourth-order valence-corrected chi connectivity index (χ4v) is 4.88. The van der Waals surface area contributed by atoms with Gasteiger partial charge in [0.25, 0.3) is 5.56 Å². The molecule has 0 unspecified atom stereocenters. The minimum atomic E-state index is -0.0787. The van der Waals surface area contributed by atoms with Crippen LogP contribution in [0.15, 0.2) is 83.7 Å². The lowest BCUT2D eigenvalue weighted by atomic mass is 9.97. The highest BCUT2D eigenvalue weighted by molar-refractivity contribution is 5.68. The lowest BCUT2D eigenvalue weighted by molar-refractivity contribution is 0.601. The van der Waals surface area contributed by atoms with Crippen LogP contribution in [0.1, 0.15) is 22.3 Å². The molecule has 1 aliphatic heterocycles. The number of anilines is 2. The van der Waals surface area contributed by atoms with E-state index < -0.39 is 0 Å². The molecule has 0 saturated carbocycles. The first-order valence-corrected chi connectivity index (χ1v) is 12.3. The van der Waals surface area contributed by atoms with E-state index in [4.69, 9.17) is 5.10 Å². The molecule has 0 spiro atoms. The van der Waals surface area contributed by atoms with E-state index in [1.54, 1.807) is 10.7 Å². The van der Waals surface area contributed by atoms with Crippen molar-refractivity contribution in [1.29, 1.82) is 0 Å². The Kier molecular flexibility index (Phi) is 6.41. The number of hydrogen-bond donors (Lipinski definition) is 0. The van der Waals surface area contributed by atoms with E-state index in [-0.39, 0.29) is 5.56 Å². The smallest absolute Gasteiger partial charge is 0.267 e. The molecular weight excluding hydrogens is 432 g/mol. The van der Waals surface area contributed by atoms with Crippen molar-refractivity contribution >= 4 is 11.5 Å². The first kappa shape index (κ1) is 22.9. The van der Waals surface area contributed by atoms with Gasteiger partial charge in [0.15, 0.2) is 0 Å². The third kappa shape index (κ3) is 4.99. The number of benzene rings is 3. The fraction of sp³-hybridized carbons (Fsp3) is 0.267. The number of aromatic nitrogens is 2. The zero-order chi connectivity index (χ0) is 24.4. The van der Waals surface area contributed by atoms with Crippen LogP contribution in [0.25, 0.3) is 11.1 Å². The Morgan fingerprint density at radius 2 is 1.51 bits per heavy atom. The molecule has 35 heavy (non-hydrogen) atoms. The highest BCUT2D eigenvalue weighted by Gasteiger charge is 2.20. The maximum absolute atomic E-state index is 12.7. The molecule has 4 aromatic rings. The number of aryl methyl sites for hydroxylation is 3. The number of hydrogen-bond acceptors (Lipinski definition) is 4. The largest absolute Gasteiger partial charge is 0.368 e. The van der Waals surface area contributed by atoms with E-state index in [1.165, 1.54) is 33.5 Å². The molecule has 1 fully saturated rings. The highest BCUT2D eigenvalue weighted by Crippen LogP contribution is 2.26. The van der Waals surface area contributed by atoms with Crippen LogP contribution in [0.2, 0.25) is 0 Å². The Labute approximate surface area is 207 Å². The van der Waals surface area contributed by atoms with Crippen molar-refractivity contribution in [2.24, 2.45) is 0 Å². The van der Waals surface area contributed by atoms with Gasteiger partial charge in [-0.05, 0) is 66.8 Å². The predicted octanol–water partition coefficient (Wildman–Crippen LogP) is 5.21. The third-order valence-corrected chi connectivity index (χ3v) is 6.88. The summed E-state index contributed by atoms with van der Waals surface area (Å²) in [5.41, 5.74) is 8.45. The second kappa shape index (κ2) is 9.79. The number of para-hydroxylation sites is 1. The van der Waals surface area contributed by atoms with Gasteiger partial charge in [0.2, 0.25) is 0 Å². The van der Waals surface area contributed by atoms with Crippen molar-refractivity contribution in [3.63, 3.8) is 0 Å². The number of rotatable bonds is 5. The van der Waals surface area contributed by atoms with Gasteiger partial charge in [0.1, 0.15) is 5.82 Å². The van der Waals surface area contributed by atoms with Gasteiger partial charge < -0.3 is 9.80 Å². The summed E-state index contributed by atoms with van der Waals surface area (Å²) in [6.07, 6.45) is 0. The summed E-state index contributed by atoms with van der Waals surface area (Å²) >= 11 is 0. The Morgan fingerprint density at radius 3 is 2.29 bits per heavy atom. The summed E-state index contributed by atoms with van der Waals surface area (Å²) in [6, 6.07) is 27.0. The monoisotopic (exact) mass is 464 g/mol. The lowest BCUT2D eigenvalue weighted by Crippen LogP contribution is -2.47. The summed E-state index contributed by atoms with van der Waals surface area (Å²) in [6.45, 7) is 10.5. The van der Waals surface area contributed by atoms with Crippen LogP contribution in [0, 0.1) is 20.8 Å². The van der Waals surface area contributed by atoms with Gasteiger partial charge in [-0.15, -0.1) is 0 Å². The molecule has 5 nitrogen and oxygen atoms in total. The molecule has 2 heterocycles. The highest BCUT2D eigenvalue weighted by atomic mass is 16.1. The second-order valence-electron chi connectivity index (χ2n) is 9.47. The quantitative estimate of drug-likeness (QED) is 0.407. The summed E-state index contributed by atoms with van der Waals surface area (Å²) in [7, 11) is 0. The van der Waals surface area contributed by atoms with Crippen molar-refractivity contribution in [2.75, 3.05) is 36.0 Å². The van der Waals surface area contributed by atoms with E-state index in [2.05, 4.69) is 97.3 Å². The van der Waals surface area contributed by atoms with Crippen LogP contribution < -0.4 is 15.4 Å². The molecule has 5 heteroatoms. The van der Waals surface area contributed by atoms with Gasteiger partial charge in [-0.25, -0.2) is 4.68 Å². The Morgan fingerprint density at radius 1 is 0.743 bits per heavy atom. The molecule has 0 amide bonds. The topological polar surface area (TPSA) is 41.4 Å². The summed E-state index contributed by atoms with van der Waals surface area (Å²) in [5.74, 6) is 0.861. The molecular formula is C30H32N4O. The number of nitrogens with zero attached hydrogens (tertiary/aromatic N) is 4. The van der Waals surface area contributed by atoms with Crippen LogP contribution in [-0.2, 0) is 6.54 Å². The zero-order valence-electron chi connectivity index (χ0n) is 20.7. The maximum atomic E-state index is 12.7. The SMILES string of the molecule is Cc1cccc(-c2cc(Cn3nc(N4CCN(c5ccccc5C)CC4)ccc3=O)ccc2C)c1. The molecule has 0 N–H and O–H groups in total. The lowest BCUT2D eigenvalue weighted by Gasteiger charge is -2.37. The molecule has 0 bridgehead atoms.